The van der Waals surface area contributed by atoms with Crippen LogP contribution in [-0.4, -0.2) is 23.0 Å². The van der Waals surface area contributed by atoms with Gasteiger partial charge in [0, 0.05) is 6.08 Å². The molecule has 0 aliphatic heterocycles. The van der Waals surface area contributed by atoms with Gasteiger partial charge in [-0.1, -0.05) is 6.07 Å². The van der Waals surface area contributed by atoms with E-state index in [1.54, 1.807) is 0 Å². The minimum Gasteiger partial charge on any atom is -0.478 e. The lowest BCUT2D eigenvalue weighted by Gasteiger charge is -2.33. The molecular weight excluding hydrogens is 391 g/mol. The van der Waals surface area contributed by atoms with Crippen LogP contribution in [0.5, 0.6) is 0 Å². The smallest absolute Gasteiger partial charge is 0.417 e. The molecule has 146 valence electrons. The van der Waals surface area contributed by atoms with Crippen LogP contribution >= 0.6 is 0 Å². The topological polar surface area (TPSA) is 89.6 Å². The zero-order valence-electron chi connectivity index (χ0n) is 12.8. The summed E-state index contributed by atoms with van der Waals surface area (Å²) < 4.78 is 99.6. The Hall–Kier alpha value is -3.05. The summed E-state index contributed by atoms with van der Waals surface area (Å²) in [4.78, 5) is 21.8. The first-order valence-corrected chi connectivity index (χ1v) is 6.83. The van der Waals surface area contributed by atoms with Crippen molar-refractivity contribution >= 4 is 12.1 Å². The number of carbonyl (C=O) groups excluding carboxylic acids is 1. The quantitative estimate of drug-likeness (QED) is 0.743. The van der Waals surface area contributed by atoms with E-state index in [-0.39, 0.29) is 12.1 Å². The van der Waals surface area contributed by atoms with Gasteiger partial charge in [0.15, 0.2) is 17.5 Å². The second-order valence-electron chi connectivity index (χ2n) is 5.30. The first-order valence-electron chi connectivity index (χ1n) is 6.83. The minimum atomic E-state index is -5.28. The monoisotopic (exact) mass is 399 g/mol. The van der Waals surface area contributed by atoms with Crippen LogP contribution in [-0.2, 0) is 10.9 Å². The van der Waals surface area contributed by atoms with E-state index in [0.29, 0.717) is 12.1 Å². The highest BCUT2D eigenvalue weighted by Crippen LogP contribution is 2.50. The van der Waals surface area contributed by atoms with Crippen LogP contribution in [0, 0.1) is 0 Å². The molecule has 0 heterocycles. The van der Waals surface area contributed by atoms with E-state index in [1.807, 2.05) is 0 Å². The van der Waals surface area contributed by atoms with Crippen molar-refractivity contribution in [3.8, 4) is 0 Å². The summed E-state index contributed by atoms with van der Waals surface area (Å²) in [7, 11) is 0. The normalized spacial score (nSPS) is 23.1. The molecule has 5 nitrogen and oxygen atoms in total. The number of carboxylic acids is 1. The number of primary amides is 1. The highest BCUT2D eigenvalue weighted by molar-refractivity contribution is 5.89. The SMILES string of the molecule is NC(=O)OC1(F)C(F)=CC(F)=C(F)C1c1ccc(C(=O)O)c(C(F)(F)F)c1. The van der Waals surface area contributed by atoms with Gasteiger partial charge in [-0.25, -0.2) is 22.8 Å². The Morgan fingerprint density at radius 3 is 2.26 bits per heavy atom. The molecule has 2 unspecified atom stereocenters. The average molecular weight is 399 g/mol. The van der Waals surface area contributed by atoms with Crippen molar-refractivity contribution in [2.24, 2.45) is 5.73 Å². The zero-order valence-corrected chi connectivity index (χ0v) is 12.8. The number of hydrogen-bond acceptors (Lipinski definition) is 3. The predicted octanol–water partition coefficient (Wildman–Crippen LogP) is 4.27. The predicted molar refractivity (Wildman–Crippen MR) is 74.1 cm³/mol. The number of rotatable bonds is 3. The van der Waals surface area contributed by atoms with Crippen LogP contribution in [0.4, 0.5) is 35.5 Å². The largest absolute Gasteiger partial charge is 0.478 e. The summed E-state index contributed by atoms with van der Waals surface area (Å²) in [6.07, 6.45) is -7.54. The molecule has 3 N–H and O–H groups in total. The van der Waals surface area contributed by atoms with Gasteiger partial charge >= 0.3 is 24.1 Å². The molecule has 0 bridgehead atoms. The second kappa shape index (κ2) is 6.59. The first kappa shape index (κ1) is 20.3. The van der Waals surface area contributed by atoms with Crippen molar-refractivity contribution in [3.63, 3.8) is 0 Å². The van der Waals surface area contributed by atoms with E-state index >= 15 is 0 Å². The summed E-state index contributed by atoms with van der Waals surface area (Å²) in [5.41, 5.74) is 0.409. The molecule has 1 amide bonds. The van der Waals surface area contributed by atoms with Crippen LogP contribution in [0.2, 0.25) is 0 Å². The maximum Gasteiger partial charge on any atom is 0.417 e. The number of hydrogen-bond donors (Lipinski definition) is 2. The standard InChI is InChI=1S/C15H8F7NO4/c16-8-4-9(17)14(19,27-13(23)26)10(11(8)18)5-1-2-6(12(24)25)7(3-5)15(20,21)22/h1-4,10H,(H2,23,26)(H,24,25). The van der Waals surface area contributed by atoms with Crippen molar-refractivity contribution < 1.29 is 50.2 Å². The fourth-order valence-electron chi connectivity index (χ4n) is 2.49. The maximum atomic E-state index is 14.9. The van der Waals surface area contributed by atoms with Crippen molar-refractivity contribution in [1.82, 2.24) is 0 Å². The maximum absolute atomic E-state index is 14.9. The lowest BCUT2D eigenvalue weighted by atomic mass is 9.84. The van der Waals surface area contributed by atoms with E-state index < -0.39 is 64.2 Å². The van der Waals surface area contributed by atoms with Gasteiger partial charge in [-0.3, -0.25) is 0 Å². The number of ether oxygens (including phenoxy) is 1. The molecule has 1 aromatic rings. The van der Waals surface area contributed by atoms with Crippen LogP contribution in [0.15, 0.2) is 41.8 Å². The average Bonchev–Trinajstić information content (AvgIpc) is 2.51. The lowest BCUT2D eigenvalue weighted by Crippen LogP contribution is -2.41. The number of carboxylic acid groups (broad SMARTS) is 1. The van der Waals surface area contributed by atoms with Crippen molar-refractivity contribution in [2.75, 3.05) is 0 Å². The molecule has 1 aliphatic carbocycles. The number of benzene rings is 1. The number of allylic oxidation sites excluding steroid dienone is 2. The van der Waals surface area contributed by atoms with Gasteiger partial charge in [-0.15, -0.1) is 0 Å². The fourth-order valence-corrected chi connectivity index (χ4v) is 2.49. The number of nitrogens with two attached hydrogens (primary N) is 1. The minimum absolute atomic E-state index is 0.0156. The molecule has 2 atom stereocenters. The molecule has 12 heteroatoms. The van der Waals surface area contributed by atoms with Crippen LogP contribution in [0.25, 0.3) is 0 Å². The van der Waals surface area contributed by atoms with Gasteiger partial charge in [0.2, 0.25) is 0 Å². The summed E-state index contributed by atoms with van der Waals surface area (Å²) in [6.45, 7) is 0. The van der Waals surface area contributed by atoms with Crippen LogP contribution in [0.3, 0.4) is 0 Å². The van der Waals surface area contributed by atoms with Gasteiger partial charge in [0.1, 0.15) is 5.92 Å². The van der Waals surface area contributed by atoms with E-state index in [4.69, 9.17) is 5.11 Å². The van der Waals surface area contributed by atoms with Crippen LogP contribution < -0.4 is 5.73 Å². The number of carbonyl (C=O) groups is 2. The van der Waals surface area contributed by atoms with Crippen molar-refractivity contribution in [2.45, 2.75) is 17.9 Å². The molecule has 0 saturated heterocycles. The molecule has 27 heavy (non-hydrogen) atoms. The molecule has 0 fully saturated rings. The Bertz CT molecular complexity index is 877. The summed E-state index contributed by atoms with van der Waals surface area (Å²) in [5, 5.41) is 8.82. The number of aromatic carboxylic acids is 1. The Morgan fingerprint density at radius 2 is 1.78 bits per heavy atom. The lowest BCUT2D eigenvalue weighted by molar-refractivity contribution is -0.138. The Labute approximate surface area is 145 Å². The molecule has 0 spiro atoms. The van der Waals surface area contributed by atoms with E-state index in [9.17, 15) is 40.3 Å². The van der Waals surface area contributed by atoms with Crippen molar-refractivity contribution in [3.05, 3.63) is 58.4 Å². The third-order valence-electron chi connectivity index (χ3n) is 3.59. The highest BCUT2D eigenvalue weighted by Gasteiger charge is 2.54. The number of alkyl halides is 4. The summed E-state index contributed by atoms with van der Waals surface area (Å²) in [6, 6.07) is 0.818. The van der Waals surface area contributed by atoms with Crippen molar-refractivity contribution in [1.29, 1.82) is 0 Å². The number of halogens is 7. The van der Waals surface area contributed by atoms with Crippen LogP contribution in [0.1, 0.15) is 27.4 Å². The second-order valence-corrected chi connectivity index (χ2v) is 5.30. The summed E-state index contributed by atoms with van der Waals surface area (Å²) >= 11 is 0. The Morgan fingerprint density at radius 1 is 1.19 bits per heavy atom. The van der Waals surface area contributed by atoms with Gasteiger partial charge < -0.3 is 15.6 Å². The molecule has 0 saturated carbocycles. The Balaban J connectivity index is 2.74. The first-order chi connectivity index (χ1) is 12.3. The highest BCUT2D eigenvalue weighted by atomic mass is 19.4. The molecule has 1 aliphatic rings. The van der Waals surface area contributed by atoms with E-state index in [1.165, 1.54) is 0 Å². The van der Waals surface area contributed by atoms with Gasteiger partial charge in [0.05, 0.1) is 11.1 Å². The zero-order chi connectivity index (χ0) is 20.7. The third kappa shape index (κ3) is 3.59. The molecule has 1 aromatic carbocycles. The number of amides is 1. The summed E-state index contributed by atoms with van der Waals surface area (Å²) in [5.74, 6) is -15.1. The van der Waals surface area contributed by atoms with Gasteiger partial charge in [-0.05, 0) is 17.7 Å². The van der Waals surface area contributed by atoms with Gasteiger partial charge in [0.25, 0.3) is 0 Å². The fraction of sp³-hybridized carbons (Fsp3) is 0.200. The third-order valence-corrected chi connectivity index (χ3v) is 3.59. The molecule has 0 aromatic heterocycles. The van der Waals surface area contributed by atoms with E-state index in [0.717, 1.165) is 0 Å². The molecular formula is C15H8F7NO4. The molecule has 2 rings (SSSR count). The Kier molecular flexibility index (Phi) is 4.95. The molecule has 0 radical (unpaired) electrons. The van der Waals surface area contributed by atoms with Gasteiger partial charge in [-0.2, -0.15) is 17.6 Å². The van der Waals surface area contributed by atoms with E-state index in [2.05, 4.69) is 10.5 Å².